The Morgan fingerprint density at radius 2 is 1.17 bits per heavy atom. The van der Waals surface area contributed by atoms with Crippen LogP contribution in [0.4, 0.5) is 0 Å². The first-order valence-electron chi connectivity index (χ1n) is 10.7. The fraction of sp³-hybridized carbons (Fsp3) is 0.222. The van der Waals surface area contributed by atoms with E-state index in [0.717, 1.165) is 6.42 Å². The number of esters is 1. The zero-order valence-corrected chi connectivity index (χ0v) is 20.0. The molecule has 4 atom stereocenters. The summed E-state index contributed by atoms with van der Waals surface area (Å²) in [5.41, 5.74) is 0. The molecule has 0 saturated heterocycles. The predicted octanol–water partition coefficient (Wildman–Crippen LogP) is 3.52. The van der Waals surface area contributed by atoms with Gasteiger partial charge in [-0.05, 0) is 0 Å². The van der Waals surface area contributed by atoms with E-state index in [4.69, 9.17) is 4.74 Å². The molecule has 0 spiro atoms. The SMILES string of the molecule is COC(=O)[C@@H]1[C@H]([Sn]([c]2ccccc2)([c]2ccccc2)[c]2ccccc2)[C@@H]2C=C[C@H]1C2. The molecule has 150 valence electrons. The number of benzene rings is 3. The molecular formula is C27H26O2Sn. The van der Waals surface area contributed by atoms with Crippen molar-refractivity contribution in [3.63, 3.8) is 0 Å². The molecule has 0 amide bonds. The first kappa shape index (κ1) is 19.6. The fourth-order valence-corrected chi connectivity index (χ4v) is 23.5. The molecule has 0 radical (unpaired) electrons. The van der Waals surface area contributed by atoms with Crippen molar-refractivity contribution in [1.29, 1.82) is 0 Å². The van der Waals surface area contributed by atoms with Crippen LogP contribution >= 0.6 is 0 Å². The van der Waals surface area contributed by atoms with Crippen molar-refractivity contribution in [3.8, 4) is 0 Å². The van der Waals surface area contributed by atoms with Crippen LogP contribution in [0.25, 0.3) is 0 Å². The van der Waals surface area contributed by atoms with Gasteiger partial charge in [0.1, 0.15) is 0 Å². The van der Waals surface area contributed by atoms with Gasteiger partial charge in [0.2, 0.25) is 0 Å². The van der Waals surface area contributed by atoms with E-state index in [1.165, 1.54) is 10.7 Å². The second kappa shape index (κ2) is 8.07. The van der Waals surface area contributed by atoms with E-state index in [2.05, 4.69) is 103 Å². The molecule has 5 rings (SSSR count). The second-order valence-electron chi connectivity index (χ2n) is 8.43. The second-order valence-corrected chi connectivity index (χ2v) is 19.9. The number of methoxy groups -OCH3 is 1. The third kappa shape index (κ3) is 2.96. The number of carbonyl (C=O) groups is 1. The topological polar surface area (TPSA) is 26.3 Å². The number of hydrogen-bond acceptors (Lipinski definition) is 2. The van der Waals surface area contributed by atoms with E-state index in [9.17, 15) is 4.79 Å². The van der Waals surface area contributed by atoms with Gasteiger partial charge >= 0.3 is 183 Å². The van der Waals surface area contributed by atoms with Crippen LogP contribution in [0.2, 0.25) is 3.93 Å². The summed E-state index contributed by atoms with van der Waals surface area (Å²) in [4.78, 5) is 13.1. The van der Waals surface area contributed by atoms with Crippen LogP contribution in [0, 0.1) is 17.8 Å². The van der Waals surface area contributed by atoms with Crippen molar-refractivity contribution in [2.45, 2.75) is 10.4 Å². The van der Waals surface area contributed by atoms with Gasteiger partial charge in [-0.2, -0.15) is 0 Å². The summed E-state index contributed by atoms with van der Waals surface area (Å²) < 4.78 is 9.98. The number of carbonyl (C=O) groups excluding carboxylic acids is 1. The third-order valence-electron chi connectivity index (χ3n) is 7.12. The Morgan fingerprint density at radius 3 is 1.60 bits per heavy atom. The van der Waals surface area contributed by atoms with E-state index in [1.807, 2.05) is 0 Å². The van der Waals surface area contributed by atoms with Crippen molar-refractivity contribution >= 4 is 35.1 Å². The van der Waals surface area contributed by atoms with Crippen LogP contribution in [-0.2, 0) is 9.53 Å². The molecule has 2 nitrogen and oxygen atoms in total. The maximum atomic E-state index is 13.1. The Kier molecular flexibility index (Phi) is 5.28. The molecule has 2 bridgehead atoms. The molecular weight excluding hydrogens is 475 g/mol. The fourth-order valence-electron chi connectivity index (χ4n) is 6.05. The van der Waals surface area contributed by atoms with Crippen LogP contribution in [0.3, 0.4) is 0 Å². The summed E-state index contributed by atoms with van der Waals surface area (Å²) in [6.07, 6.45) is 5.71. The van der Waals surface area contributed by atoms with Crippen LogP contribution in [-0.4, -0.2) is 31.5 Å². The number of allylic oxidation sites excluding steroid dienone is 2. The summed E-state index contributed by atoms with van der Waals surface area (Å²) in [6, 6.07) is 33.0. The standard InChI is InChI=1S/C9H11O2.3C6H5.Sn/c1-11-9(10)8-5-6-2-3-7(8)4-6;3*1-2-4-6-5-3-1;/h2-3,5-8H,4H2,1H3;3*1-5H;/t6-,7+,8-;;;;/m1..../s1. The van der Waals surface area contributed by atoms with Crippen molar-refractivity contribution < 1.29 is 9.53 Å². The first-order chi connectivity index (χ1) is 14.8. The molecule has 0 heterocycles. The number of fused-ring (bicyclic) bond motifs is 2. The minimum atomic E-state index is -3.61. The Hall–Kier alpha value is -2.33. The van der Waals surface area contributed by atoms with E-state index < -0.39 is 18.4 Å². The molecule has 0 aliphatic heterocycles. The van der Waals surface area contributed by atoms with Gasteiger partial charge in [0.15, 0.2) is 0 Å². The van der Waals surface area contributed by atoms with E-state index in [0.29, 0.717) is 15.8 Å². The number of rotatable bonds is 5. The Labute approximate surface area is 182 Å². The molecule has 1 fully saturated rings. The van der Waals surface area contributed by atoms with Gasteiger partial charge < -0.3 is 0 Å². The van der Waals surface area contributed by atoms with Crippen LogP contribution in [0.5, 0.6) is 0 Å². The molecule has 2 aliphatic rings. The Morgan fingerprint density at radius 1 is 0.733 bits per heavy atom. The Bertz CT molecular complexity index is 949. The van der Waals surface area contributed by atoms with Crippen molar-refractivity contribution in [2.75, 3.05) is 7.11 Å². The van der Waals surface area contributed by atoms with Crippen molar-refractivity contribution in [3.05, 3.63) is 103 Å². The summed E-state index contributed by atoms with van der Waals surface area (Å²) in [7, 11) is 1.54. The summed E-state index contributed by atoms with van der Waals surface area (Å²) in [6.45, 7) is 0. The summed E-state index contributed by atoms with van der Waals surface area (Å²) >= 11 is -3.61. The van der Waals surface area contributed by atoms with Gasteiger partial charge in [-0.25, -0.2) is 0 Å². The zero-order valence-electron chi connectivity index (χ0n) is 17.1. The van der Waals surface area contributed by atoms with Crippen LogP contribution in [0.15, 0.2) is 103 Å². The average molecular weight is 501 g/mol. The molecule has 3 heteroatoms. The normalized spacial score (nSPS) is 24.7. The summed E-state index contributed by atoms with van der Waals surface area (Å²) in [5.74, 6) is 0.609. The number of hydrogen-bond donors (Lipinski definition) is 0. The molecule has 0 unspecified atom stereocenters. The molecule has 0 aromatic heterocycles. The zero-order chi connectivity index (χ0) is 20.6. The molecule has 2 aliphatic carbocycles. The molecule has 1 saturated carbocycles. The third-order valence-corrected chi connectivity index (χ3v) is 22.9. The van der Waals surface area contributed by atoms with Gasteiger partial charge in [-0.1, -0.05) is 0 Å². The van der Waals surface area contributed by atoms with Gasteiger partial charge in [0.25, 0.3) is 0 Å². The van der Waals surface area contributed by atoms with Gasteiger partial charge in [0, 0.05) is 0 Å². The quantitative estimate of drug-likeness (QED) is 0.304. The van der Waals surface area contributed by atoms with Gasteiger partial charge in [-0.3, -0.25) is 0 Å². The monoisotopic (exact) mass is 502 g/mol. The average Bonchev–Trinajstić information content (AvgIpc) is 3.44. The Balaban J connectivity index is 1.85. The maximum absolute atomic E-state index is 13.1. The van der Waals surface area contributed by atoms with Gasteiger partial charge in [0.05, 0.1) is 0 Å². The molecule has 0 N–H and O–H groups in total. The van der Waals surface area contributed by atoms with E-state index in [-0.39, 0.29) is 11.9 Å². The minimum absolute atomic E-state index is 0.0410. The molecule has 30 heavy (non-hydrogen) atoms. The van der Waals surface area contributed by atoms with Crippen molar-refractivity contribution in [1.82, 2.24) is 0 Å². The van der Waals surface area contributed by atoms with Gasteiger partial charge in [-0.15, -0.1) is 0 Å². The molecule has 3 aromatic rings. The predicted molar refractivity (Wildman–Crippen MR) is 124 cm³/mol. The first-order valence-corrected chi connectivity index (χ1v) is 16.6. The summed E-state index contributed by atoms with van der Waals surface area (Å²) in [5, 5.41) is 0. The van der Waals surface area contributed by atoms with Crippen LogP contribution in [0.1, 0.15) is 6.42 Å². The van der Waals surface area contributed by atoms with Crippen molar-refractivity contribution in [2.24, 2.45) is 17.8 Å². The molecule has 3 aromatic carbocycles. The van der Waals surface area contributed by atoms with E-state index >= 15 is 0 Å². The van der Waals surface area contributed by atoms with E-state index in [1.54, 1.807) is 7.11 Å². The van der Waals surface area contributed by atoms with Crippen LogP contribution < -0.4 is 10.7 Å². The number of ether oxygens (including phenoxy) is 1.